The Hall–Kier alpha value is -4.69. The summed E-state index contributed by atoms with van der Waals surface area (Å²) in [6.45, 7) is 6.77. The van der Waals surface area contributed by atoms with Gasteiger partial charge in [0.15, 0.2) is 11.5 Å². The first-order chi connectivity index (χ1) is 20.9. The number of carbonyl (C=O) groups is 2. The Labute approximate surface area is 250 Å². The molecule has 8 nitrogen and oxygen atoms in total. The third-order valence-corrected chi connectivity index (χ3v) is 8.29. The van der Waals surface area contributed by atoms with Gasteiger partial charge in [-0.05, 0) is 59.2 Å². The zero-order chi connectivity index (χ0) is 30.1. The van der Waals surface area contributed by atoms with Gasteiger partial charge in [0, 0.05) is 42.7 Å². The minimum atomic E-state index is -0.546. The van der Waals surface area contributed by atoms with Crippen molar-refractivity contribution in [1.82, 2.24) is 4.90 Å². The van der Waals surface area contributed by atoms with Crippen LogP contribution in [0.3, 0.4) is 0 Å². The Morgan fingerprint density at radius 3 is 2.81 bits per heavy atom. The molecule has 8 heteroatoms. The second kappa shape index (κ2) is 11.9. The molecule has 2 heterocycles. The number of amides is 2. The van der Waals surface area contributed by atoms with Crippen molar-refractivity contribution in [3.05, 3.63) is 77.9 Å². The lowest BCUT2D eigenvalue weighted by Gasteiger charge is -2.20. The third kappa shape index (κ3) is 5.46. The van der Waals surface area contributed by atoms with E-state index in [1.807, 2.05) is 18.2 Å². The number of fused-ring (bicyclic) bond motifs is 5. The Morgan fingerprint density at radius 1 is 1.14 bits per heavy atom. The molecule has 0 bridgehead atoms. The van der Waals surface area contributed by atoms with Crippen molar-refractivity contribution in [2.75, 3.05) is 25.6 Å². The van der Waals surface area contributed by atoms with Crippen molar-refractivity contribution < 1.29 is 24.2 Å². The molecular weight excluding hydrogens is 542 g/mol. The first-order valence-corrected chi connectivity index (χ1v) is 14.6. The molecule has 0 aliphatic carbocycles. The van der Waals surface area contributed by atoms with Gasteiger partial charge in [-0.3, -0.25) is 14.6 Å². The fourth-order valence-electron chi connectivity index (χ4n) is 6.13. The van der Waals surface area contributed by atoms with Crippen LogP contribution in [0.5, 0.6) is 11.5 Å². The van der Waals surface area contributed by atoms with Crippen molar-refractivity contribution in [2.45, 2.75) is 44.8 Å². The average molecular weight is 578 g/mol. The van der Waals surface area contributed by atoms with Crippen LogP contribution >= 0.6 is 0 Å². The lowest BCUT2D eigenvalue weighted by atomic mass is 9.94. The smallest absolute Gasteiger partial charge is 0.256 e. The van der Waals surface area contributed by atoms with Crippen molar-refractivity contribution >= 4 is 57.0 Å². The summed E-state index contributed by atoms with van der Waals surface area (Å²) in [6, 6.07) is 17.5. The van der Waals surface area contributed by atoms with E-state index in [0.717, 1.165) is 27.4 Å². The average Bonchev–Trinajstić information content (AvgIpc) is 3.34. The first kappa shape index (κ1) is 28.4. The predicted molar refractivity (Wildman–Crippen MR) is 171 cm³/mol. The molecule has 2 atom stereocenters. The minimum absolute atomic E-state index is 0.0568. The molecule has 0 aromatic heterocycles. The van der Waals surface area contributed by atoms with Gasteiger partial charge in [-0.15, -0.1) is 0 Å². The standard InChI is InChI=1S/C35H35N3O5/c1-4-22-12-14-28(26-13-11-23-9-7-8-21(2)33(23)34(22)26)37-32(40)10-5-6-15-43-31-18-29-27(17-30(31)42-3)35(41)38-20-25(39)16-24(38)19-36-29/h4,7-9,11-14,17-19,24-25,39H,1,5-6,10,15-16,20H2,2-3H3,(H,37,40). The van der Waals surface area contributed by atoms with Gasteiger partial charge in [-0.2, -0.15) is 0 Å². The van der Waals surface area contributed by atoms with Gasteiger partial charge in [0.25, 0.3) is 5.91 Å². The van der Waals surface area contributed by atoms with Gasteiger partial charge < -0.3 is 24.8 Å². The van der Waals surface area contributed by atoms with Gasteiger partial charge in [0.05, 0.1) is 37.1 Å². The summed E-state index contributed by atoms with van der Waals surface area (Å²) < 4.78 is 11.5. The summed E-state index contributed by atoms with van der Waals surface area (Å²) in [6.07, 6.45) is 5.15. The Bertz CT molecular complexity index is 1780. The number of nitrogens with one attached hydrogen (secondary N) is 1. The molecule has 0 radical (unpaired) electrons. The summed E-state index contributed by atoms with van der Waals surface area (Å²) in [5.74, 6) is 0.698. The van der Waals surface area contributed by atoms with E-state index in [9.17, 15) is 14.7 Å². The van der Waals surface area contributed by atoms with Gasteiger partial charge in [0.1, 0.15) is 0 Å². The highest BCUT2D eigenvalue weighted by atomic mass is 16.5. The fourth-order valence-corrected chi connectivity index (χ4v) is 6.13. The third-order valence-electron chi connectivity index (χ3n) is 8.29. The number of aliphatic hydroxyl groups is 1. The SMILES string of the molecule is C=Cc1ccc(NC(=O)CCCCOc2cc3c(cc2OC)C(=O)N2CC(O)CC2C=N3)c2ccc3cccc(C)c3c12. The maximum Gasteiger partial charge on any atom is 0.256 e. The number of unbranched alkanes of at least 4 members (excludes halogenated alkanes) is 1. The number of methoxy groups -OCH3 is 1. The predicted octanol–water partition coefficient (Wildman–Crippen LogP) is 6.43. The van der Waals surface area contributed by atoms with Crippen molar-refractivity contribution in [2.24, 2.45) is 4.99 Å². The van der Waals surface area contributed by atoms with Gasteiger partial charge in [-0.1, -0.05) is 49.1 Å². The molecule has 2 amide bonds. The number of aryl methyl sites for hydroxylation is 1. The topological polar surface area (TPSA) is 100 Å². The van der Waals surface area contributed by atoms with Crippen LogP contribution < -0.4 is 14.8 Å². The van der Waals surface area contributed by atoms with Crippen LogP contribution in [0.2, 0.25) is 0 Å². The zero-order valence-electron chi connectivity index (χ0n) is 24.4. The Balaban J connectivity index is 1.09. The molecule has 1 saturated heterocycles. The summed E-state index contributed by atoms with van der Waals surface area (Å²) in [4.78, 5) is 32.2. The number of aliphatic hydroxyl groups excluding tert-OH is 1. The van der Waals surface area contributed by atoms with Gasteiger partial charge in [0.2, 0.25) is 5.91 Å². The lowest BCUT2D eigenvalue weighted by Crippen LogP contribution is -2.35. The maximum absolute atomic E-state index is 13.1. The molecule has 2 aliphatic rings. The van der Waals surface area contributed by atoms with Crippen LogP contribution in [-0.4, -0.2) is 60.4 Å². The van der Waals surface area contributed by atoms with E-state index in [1.54, 1.807) is 23.2 Å². The van der Waals surface area contributed by atoms with Gasteiger partial charge in [-0.25, -0.2) is 0 Å². The molecule has 0 spiro atoms. The Morgan fingerprint density at radius 2 is 2.00 bits per heavy atom. The second-order valence-corrected chi connectivity index (χ2v) is 11.1. The molecule has 6 rings (SSSR count). The van der Waals surface area contributed by atoms with E-state index in [-0.39, 0.29) is 24.4 Å². The quantitative estimate of drug-likeness (QED) is 0.176. The molecule has 0 saturated carbocycles. The number of benzene rings is 4. The number of nitrogens with zero attached hydrogens (tertiary/aromatic N) is 2. The molecular formula is C35H35N3O5. The molecule has 2 N–H and O–H groups in total. The normalized spacial score (nSPS) is 17.5. The molecule has 43 heavy (non-hydrogen) atoms. The zero-order valence-corrected chi connectivity index (χ0v) is 24.4. The van der Waals surface area contributed by atoms with Crippen molar-refractivity contribution in [3.8, 4) is 11.5 Å². The molecule has 220 valence electrons. The van der Waals surface area contributed by atoms with Crippen LogP contribution in [0.25, 0.3) is 27.6 Å². The Kier molecular flexibility index (Phi) is 7.86. The molecule has 2 unspecified atom stereocenters. The highest BCUT2D eigenvalue weighted by Crippen LogP contribution is 2.39. The van der Waals surface area contributed by atoms with Crippen molar-refractivity contribution in [3.63, 3.8) is 0 Å². The van der Waals surface area contributed by atoms with Crippen LogP contribution in [0.1, 0.15) is 47.2 Å². The van der Waals surface area contributed by atoms with Crippen LogP contribution in [0.15, 0.2) is 66.2 Å². The number of aliphatic imine (C=N–C) groups is 1. The van der Waals surface area contributed by atoms with E-state index in [0.29, 0.717) is 55.0 Å². The van der Waals surface area contributed by atoms with Crippen LogP contribution in [-0.2, 0) is 4.79 Å². The summed E-state index contributed by atoms with van der Waals surface area (Å²) in [5, 5.41) is 17.5. The van der Waals surface area contributed by atoms with Crippen molar-refractivity contribution in [1.29, 1.82) is 0 Å². The van der Waals surface area contributed by atoms with E-state index < -0.39 is 6.10 Å². The summed E-state index contributed by atoms with van der Waals surface area (Å²) in [7, 11) is 1.53. The van der Waals surface area contributed by atoms with Gasteiger partial charge >= 0.3 is 0 Å². The monoisotopic (exact) mass is 577 g/mol. The van der Waals surface area contributed by atoms with E-state index in [2.05, 4.69) is 54.1 Å². The van der Waals surface area contributed by atoms with E-state index in [1.165, 1.54) is 18.1 Å². The summed E-state index contributed by atoms with van der Waals surface area (Å²) in [5.41, 5.74) is 3.94. The maximum atomic E-state index is 13.1. The van der Waals surface area contributed by atoms with Crippen LogP contribution in [0.4, 0.5) is 11.4 Å². The van der Waals surface area contributed by atoms with Crippen LogP contribution in [0, 0.1) is 6.92 Å². The number of rotatable bonds is 9. The first-order valence-electron chi connectivity index (χ1n) is 14.6. The molecule has 1 fully saturated rings. The van der Waals surface area contributed by atoms with E-state index >= 15 is 0 Å². The molecule has 4 aromatic carbocycles. The minimum Gasteiger partial charge on any atom is -0.493 e. The highest BCUT2D eigenvalue weighted by molar-refractivity contribution is 6.17. The number of hydrogen-bond donors (Lipinski definition) is 2. The summed E-state index contributed by atoms with van der Waals surface area (Å²) >= 11 is 0. The second-order valence-electron chi connectivity index (χ2n) is 11.1. The number of ether oxygens (including phenoxy) is 2. The highest BCUT2D eigenvalue weighted by Gasteiger charge is 2.36. The van der Waals surface area contributed by atoms with E-state index in [4.69, 9.17) is 9.47 Å². The lowest BCUT2D eigenvalue weighted by molar-refractivity contribution is -0.116. The number of hydrogen-bond acceptors (Lipinski definition) is 6. The largest absolute Gasteiger partial charge is 0.493 e. The molecule has 4 aromatic rings. The number of carbonyl (C=O) groups excluding carboxylic acids is 2. The molecule has 2 aliphatic heterocycles. The number of anilines is 1. The fraction of sp³-hybridized carbons (Fsp3) is 0.286.